The van der Waals surface area contributed by atoms with Crippen LogP contribution in [0.1, 0.15) is 30.8 Å². The normalized spacial score (nSPS) is 13.5. The summed E-state index contributed by atoms with van der Waals surface area (Å²) in [7, 11) is 0. The number of hydrogen-bond donors (Lipinski definition) is 4. The number of imidazole rings is 1. The fourth-order valence-electron chi connectivity index (χ4n) is 2.75. The number of phenols is 1. The van der Waals surface area contributed by atoms with Gasteiger partial charge in [-0.2, -0.15) is 0 Å². The molecule has 0 unspecified atom stereocenters. The van der Waals surface area contributed by atoms with Crippen LogP contribution in [0.15, 0.2) is 42.5 Å². The van der Waals surface area contributed by atoms with Crippen molar-refractivity contribution in [2.45, 2.75) is 31.9 Å². The van der Waals surface area contributed by atoms with Gasteiger partial charge in [-0.1, -0.05) is 12.1 Å². The molecule has 0 bridgehead atoms. The lowest BCUT2D eigenvalue weighted by Crippen LogP contribution is -2.37. The van der Waals surface area contributed by atoms with Crippen LogP contribution >= 0.6 is 0 Å². The number of carbonyl (C=O) groups excluding carboxylic acids is 1. The van der Waals surface area contributed by atoms with Crippen molar-refractivity contribution in [2.24, 2.45) is 0 Å². The number of H-pyrrole nitrogens is 1. The van der Waals surface area contributed by atoms with Crippen LogP contribution in [0.25, 0.3) is 11.0 Å². The Morgan fingerprint density at radius 1 is 1.27 bits per heavy atom. The summed E-state index contributed by atoms with van der Waals surface area (Å²) in [6.07, 6.45) is -0.312. The lowest BCUT2D eigenvalue weighted by Gasteiger charge is -2.20. The number of amides is 1. The van der Waals surface area contributed by atoms with Gasteiger partial charge in [0.2, 0.25) is 5.91 Å². The van der Waals surface area contributed by atoms with Crippen molar-refractivity contribution in [1.29, 1.82) is 0 Å². The van der Waals surface area contributed by atoms with E-state index in [1.807, 2.05) is 0 Å². The summed E-state index contributed by atoms with van der Waals surface area (Å²) >= 11 is 0. The lowest BCUT2D eigenvalue weighted by molar-refractivity contribution is -0.122. The Hall–Kier alpha value is -2.93. The monoisotopic (exact) mass is 357 g/mol. The van der Waals surface area contributed by atoms with Crippen LogP contribution in [0.3, 0.4) is 0 Å². The SMILES string of the molecule is C[C@@H](NC(=O)CCc1nc2ccc(F)cc2[nH]1)[C@@H](O)c1ccc(O)cc1. The van der Waals surface area contributed by atoms with E-state index in [-0.39, 0.29) is 23.9 Å². The van der Waals surface area contributed by atoms with Crippen molar-refractivity contribution in [3.05, 3.63) is 59.7 Å². The summed E-state index contributed by atoms with van der Waals surface area (Å²) < 4.78 is 13.2. The molecule has 3 rings (SSSR count). The van der Waals surface area contributed by atoms with Gasteiger partial charge in [0.15, 0.2) is 0 Å². The van der Waals surface area contributed by atoms with E-state index in [2.05, 4.69) is 15.3 Å². The molecule has 2 atom stereocenters. The number of aromatic hydroxyl groups is 1. The van der Waals surface area contributed by atoms with E-state index in [0.29, 0.717) is 28.8 Å². The molecule has 26 heavy (non-hydrogen) atoms. The van der Waals surface area contributed by atoms with Crippen molar-refractivity contribution in [2.75, 3.05) is 0 Å². The van der Waals surface area contributed by atoms with Gasteiger partial charge in [0.05, 0.1) is 23.2 Å². The maximum atomic E-state index is 13.2. The van der Waals surface area contributed by atoms with Gasteiger partial charge in [0.1, 0.15) is 17.4 Å². The Morgan fingerprint density at radius 2 is 2.00 bits per heavy atom. The topological polar surface area (TPSA) is 98.2 Å². The number of nitrogens with zero attached hydrogens (tertiary/aromatic N) is 1. The third-order valence-corrected chi connectivity index (χ3v) is 4.18. The molecular formula is C19H20FN3O3. The standard InChI is InChI=1S/C19H20FN3O3/c1-11(19(26)12-2-5-14(24)6-3-12)21-18(25)9-8-17-22-15-7-4-13(20)10-16(15)23-17/h2-7,10-11,19,24,26H,8-9H2,1H3,(H,21,25)(H,22,23)/t11-,19-/m1/s1. The first kappa shape index (κ1) is 17.9. The second kappa shape index (κ2) is 7.53. The van der Waals surface area contributed by atoms with Crippen LogP contribution in [0.5, 0.6) is 5.75 Å². The van der Waals surface area contributed by atoms with E-state index in [4.69, 9.17) is 0 Å². The highest BCUT2D eigenvalue weighted by atomic mass is 19.1. The molecule has 0 fully saturated rings. The quantitative estimate of drug-likeness (QED) is 0.545. The summed E-state index contributed by atoms with van der Waals surface area (Å²) in [6.45, 7) is 1.71. The van der Waals surface area contributed by atoms with Gasteiger partial charge in [-0.15, -0.1) is 0 Å². The molecule has 6 nitrogen and oxygen atoms in total. The van der Waals surface area contributed by atoms with Crippen molar-refractivity contribution >= 4 is 16.9 Å². The smallest absolute Gasteiger partial charge is 0.220 e. The Morgan fingerprint density at radius 3 is 2.73 bits per heavy atom. The number of aryl methyl sites for hydroxylation is 1. The van der Waals surface area contributed by atoms with E-state index in [1.54, 1.807) is 25.1 Å². The molecule has 2 aromatic carbocycles. The molecule has 0 saturated heterocycles. The van der Waals surface area contributed by atoms with Crippen LogP contribution in [0, 0.1) is 5.82 Å². The number of aromatic amines is 1. The molecule has 0 saturated carbocycles. The number of fused-ring (bicyclic) bond motifs is 1. The Kier molecular flexibility index (Phi) is 5.18. The van der Waals surface area contributed by atoms with E-state index < -0.39 is 12.1 Å². The second-order valence-corrected chi connectivity index (χ2v) is 6.24. The Bertz CT molecular complexity index is 908. The number of rotatable bonds is 6. The van der Waals surface area contributed by atoms with E-state index in [0.717, 1.165) is 0 Å². The fourth-order valence-corrected chi connectivity index (χ4v) is 2.75. The number of aliphatic hydroxyl groups is 1. The number of aliphatic hydroxyl groups excluding tert-OH is 1. The van der Waals surface area contributed by atoms with Crippen LogP contribution < -0.4 is 5.32 Å². The van der Waals surface area contributed by atoms with Crippen LogP contribution in [-0.2, 0) is 11.2 Å². The highest BCUT2D eigenvalue weighted by Gasteiger charge is 2.18. The number of phenolic OH excluding ortho intramolecular Hbond substituents is 1. The minimum atomic E-state index is -0.881. The first-order valence-corrected chi connectivity index (χ1v) is 8.33. The first-order chi connectivity index (χ1) is 12.4. The zero-order valence-corrected chi connectivity index (χ0v) is 14.2. The average Bonchev–Trinajstić information content (AvgIpc) is 3.02. The molecule has 1 aromatic heterocycles. The molecular weight excluding hydrogens is 337 g/mol. The molecule has 7 heteroatoms. The van der Waals surface area contributed by atoms with E-state index >= 15 is 0 Å². The van der Waals surface area contributed by atoms with Gasteiger partial charge >= 0.3 is 0 Å². The zero-order chi connectivity index (χ0) is 18.7. The van der Waals surface area contributed by atoms with Gasteiger partial charge in [0.25, 0.3) is 0 Å². The number of aromatic nitrogens is 2. The highest BCUT2D eigenvalue weighted by Crippen LogP contribution is 2.20. The van der Waals surface area contributed by atoms with E-state index in [1.165, 1.54) is 24.3 Å². The van der Waals surface area contributed by atoms with Gasteiger partial charge in [-0.3, -0.25) is 4.79 Å². The molecule has 4 N–H and O–H groups in total. The average molecular weight is 357 g/mol. The summed E-state index contributed by atoms with van der Waals surface area (Å²) in [5, 5.41) is 22.3. The number of nitrogens with one attached hydrogen (secondary N) is 2. The molecule has 3 aromatic rings. The van der Waals surface area contributed by atoms with Gasteiger partial charge in [0, 0.05) is 12.8 Å². The van der Waals surface area contributed by atoms with Crippen LogP contribution in [-0.4, -0.2) is 32.1 Å². The highest BCUT2D eigenvalue weighted by molar-refractivity contribution is 5.77. The number of carbonyl (C=O) groups is 1. The summed E-state index contributed by atoms with van der Waals surface area (Å²) in [5.74, 6) is 0.153. The van der Waals surface area contributed by atoms with Crippen molar-refractivity contribution in [1.82, 2.24) is 15.3 Å². The molecule has 0 aliphatic heterocycles. The lowest BCUT2D eigenvalue weighted by atomic mass is 10.0. The molecule has 0 spiro atoms. The molecule has 0 aliphatic carbocycles. The van der Waals surface area contributed by atoms with Crippen molar-refractivity contribution in [3.8, 4) is 5.75 Å². The predicted molar refractivity (Wildman–Crippen MR) is 95.0 cm³/mol. The number of halogens is 1. The number of benzene rings is 2. The molecule has 1 heterocycles. The third kappa shape index (κ3) is 4.18. The Labute approximate surface area is 149 Å². The predicted octanol–water partition coefficient (Wildman–Crippen LogP) is 2.58. The van der Waals surface area contributed by atoms with Gasteiger partial charge in [-0.05, 0) is 42.8 Å². The maximum absolute atomic E-state index is 13.2. The minimum Gasteiger partial charge on any atom is -0.508 e. The summed E-state index contributed by atoms with van der Waals surface area (Å²) in [5.41, 5.74) is 1.85. The number of hydrogen-bond acceptors (Lipinski definition) is 4. The van der Waals surface area contributed by atoms with Crippen molar-refractivity contribution in [3.63, 3.8) is 0 Å². The molecule has 0 aliphatic rings. The summed E-state index contributed by atoms with van der Waals surface area (Å²) in [4.78, 5) is 19.4. The largest absolute Gasteiger partial charge is 0.508 e. The first-order valence-electron chi connectivity index (χ1n) is 8.33. The zero-order valence-electron chi connectivity index (χ0n) is 14.2. The molecule has 136 valence electrons. The summed E-state index contributed by atoms with van der Waals surface area (Å²) in [6, 6.07) is 9.98. The second-order valence-electron chi connectivity index (χ2n) is 6.24. The third-order valence-electron chi connectivity index (χ3n) is 4.18. The van der Waals surface area contributed by atoms with Crippen LogP contribution in [0.2, 0.25) is 0 Å². The molecule has 0 radical (unpaired) electrons. The van der Waals surface area contributed by atoms with Gasteiger partial charge < -0.3 is 20.5 Å². The Balaban J connectivity index is 1.54. The molecule has 1 amide bonds. The van der Waals surface area contributed by atoms with Crippen molar-refractivity contribution < 1.29 is 19.4 Å². The fraction of sp³-hybridized carbons (Fsp3) is 0.263. The van der Waals surface area contributed by atoms with E-state index in [9.17, 15) is 19.4 Å². The van der Waals surface area contributed by atoms with Crippen LogP contribution in [0.4, 0.5) is 4.39 Å². The van der Waals surface area contributed by atoms with Gasteiger partial charge in [-0.25, -0.2) is 9.37 Å². The minimum absolute atomic E-state index is 0.114. The maximum Gasteiger partial charge on any atom is 0.220 e.